The highest BCUT2D eigenvalue weighted by Crippen LogP contribution is 2.16. The quantitative estimate of drug-likeness (QED) is 0.875. The van der Waals surface area contributed by atoms with Gasteiger partial charge in [0.05, 0.1) is 0 Å². The van der Waals surface area contributed by atoms with Gasteiger partial charge in [0, 0.05) is 24.0 Å². The van der Waals surface area contributed by atoms with Gasteiger partial charge in [-0.1, -0.05) is 12.1 Å². The molecule has 2 aromatic rings. The van der Waals surface area contributed by atoms with Crippen LogP contribution in [-0.4, -0.2) is 17.0 Å². The molecule has 1 atom stereocenters. The molecule has 0 saturated carbocycles. The van der Waals surface area contributed by atoms with Gasteiger partial charge in [-0.15, -0.1) is 0 Å². The molecule has 1 unspecified atom stereocenters. The van der Waals surface area contributed by atoms with Gasteiger partial charge in [0.1, 0.15) is 12.1 Å². The Balaban J connectivity index is 2.16. The molecule has 0 aliphatic rings. The predicted octanol–water partition coefficient (Wildman–Crippen LogP) is 2.12. The van der Waals surface area contributed by atoms with Gasteiger partial charge >= 0.3 is 0 Å². The van der Waals surface area contributed by atoms with E-state index in [1.54, 1.807) is 24.5 Å². The van der Waals surface area contributed by atoms with E-state index < -0.39 is 0 Å². The molecule has 2 rings (SSSR count). The maximum absolute atomic E-state index is 13.1. The van der Waals surface area contributed by atoms with Crippen molar-refractivity contribution in [1.29, 1.82) is 0 Å². The second kappa shape index (κ2) is 5.50. The Hall–Kier alpha value is -1.81. The normalized spacial score (nSPS) is 12.4. The molecule has 88 valence electrons. The lowest BCUT2D eigenvalue weighted by atomic mass is 10.0. The lowest BCUT2D eigenvalue weighted by molar-refractivity contribution is 0.580. The minimum absolute atomic E-state index is 0.0954. The summed E-state index contributed by atoms with van der Waals surface area (Å²) in [5, 5.41) is 3.18. The first-order valence-corrected chi connectivity index (χ1v) is 5.46. The SMILES string of the molecule is CNC(Cc1cccc(F)c1)c1cncnc1. The zero-order chi connectivity index (χ0) is 12.1. The molecule has 0 aliphatic carbocycles. The Bertz CT molecular complexity index is 473. The first-order chi connectivity index (χ1) is 8.29. The van der Waals surface area contributed by atoms with E-state index in [1.807, 2.05) is 13.1 Å². The van der Waals surface area contributed by atoms with Crippen molar-refractivity contribution in [1.82, 2.24) is 15.3 Å². The Kier molecular flexibility index (Phi) is 3.77. The molecular weight excluding hydrogens is 217 g/mol. The number of nitrogens with one attached hydrogen (secondary N) is 1. The Morgan fingerprint density at radius 2 is 2.06 bits per heavy atom. The lowest BCUT2D eigenvalue weighted by Crippen LogP contribution is -2.19. The minimum atomic E-state index is -0.207. The maximum atomic E-state index is 13.1. The molecule has 1 heterocycles. The third-order valence-electron chi connectivity index (χ3n) is 2.66. The number of benzene rings is 1. The van der Waals surface area contributed by atoms with Crippen molar-refractivity contribution in [3.63, 3.8) is 0 Å². The van der Waals surface area contributed by atoms with E-state index in [-0.39, 0.29) is 11.9 Å². The fraction of sp³-hybridized carbons (Fsp3) is 0.231. The number of nitrogens with zero attached hydrogens (tertiary/aromatic N) is 2. The molecule has 1 aromatic carbocycles. The lowest BCUT2D eigenvalue weighted by Gasteiger charge is -2.15. The Morgan fingerprint density at radius 1 is 1.29 bits per heavy atom. The van der Waals surface area contributed by atoms with Crippen LogP contribution in [0.2, 0.25) is 0 Å². The minimum Gasteiger partial charge on any atom is -0.313 e. The molecule has 17 heavy (non-hydrogen) atoms. The fourth-order valence-corrected chi connectivity index (χ4v) is 1.78. The number of hydrogen-bond donors (Lipinski definition) is 1. The fourth-order valence-electron chi connectivity index (χ4n) is 1.78. The highest BCUT2D eigenvalue weighted by Gasteiger charge is 2.10. The molecule has 0 aliphatic heterocycles. The second-order valence-electron chi connectivity index (χ2n) is 3.85. The van der Waals surface area contributed by atoms with E-state index in [1.165, 1.54) is 12.4 Å². The standard InChI is InChI=1S/C13H14FN3/c1-15-13(11-7-16-9-17-8-11)6-10-3-2-4-12(14)5-10/h2-5,7-9,13,15H,6H2,1H3. The summed E-state index contributed by atoms with van der Waals surface area (Å²) in [5.74, 6) is -0.207. The molecule has 0 bridgehead atoms. The van der Waals surface area contributed by atoms with Crippen LogP contribution in [0, 0.1) is 5.82 Å². The van der Waals surface area contributed by atoms with Crippen LogP contribution < -0.4 is 5.32 Å². The van der Waals surface area contributed by atoms with Gasteiger partial charge in [-0.05, 0) is 31.2 Å². The highest BCUT2D eigenvalue weighted by molar-refractivity contribution is 5.20. The van der Waals surface area contributed by atoms with E-state index in [2.05, 4.69) is 15.3 Å². The first-order valence-electron chi connectivity index (χ1n) is 5.46. The average molecular weight is 231 g/mol. The summed E-state index contributed by atoms with van der Waals surface area (Å²) in [6, 6.07) is 6.73. The molecule has 0 fully saturated rings. The summed E-state index contributed by atoms with van der Waals surface area (Å²) >= 11 is 0. The zero-order valence-corrected chi connectivity index (χ0v) is 9.60. The predicted molar refractivity (Wildman–Crippen MR) is 63.9 cm³/mol. The second-order valence-corrected chi connectivity index (χ2v) is 3.85. The highest BCUT2D eigenvalue weighted by atomic mass is 19.1. The van der Waals surface area contributed by atoms with E-state index >= 15 is 0 Å². The summed E-state index contributed by atoms with van der Waals surface area (Å²) in [4.78, 5) is 7.98. The van der Waals surface area contributed by atoms with E-state index in [4.69, 9.17) is 0 Å². The van der Waals surface area contributed by atoms with Crippen molar-refractivity contribution in [3.05, 3.63) is 59.9 Å². The number of halogens is 1. The van der Waals surface area contributed by atoms with Crippen molar-refractivity contribution >= 4 is 0 Å². The van der Waals surface area contributed by atoms with Crippen LogP contribution in [0.4, 0.5) is 4.39 Å². The van der Waals surface area contributed by atoms with Crippen molar-refractivity contribution < 1.29 is 4.39 Å². The number of likely N-dealkylation sites (N-methyl/N-ethyl adjacent to an activating group) is 1. The smallest absolute Gasteiger partial charge is 0.123 e. The average Bonchev–Trinajstić information content (AvgIpc) is 2.37. The van der Waals surface area contributed by atoms with Crippen LogP contribution >= 0.6 is 0 Å². The molecule has 0 radical (unpaired) electrons. The van der Waals surface area contributed by atoms with Crippen LogP contribution in [0.5, 0.6) is 0 Å². The molecular formula is C13H14FN3. The third kappa shape index (κ3) is 3.07. The molecule has 1 aromatic heterocycles. The third-order valence-corrected chi connectivity index (χ3v) is 2.66. The van der Waals surface area contributed by atoms with Gasteiger partial charge in [-0.3, -0.25) is 0 Å². The summed E-state index contributed by atoms with van der Waals surface area (Å²) in [7, 11) is 1.87. The van der Waals surface area contributed by atoms with Crippen molar-refractivity contribution in [2.24, 2.45) is 0 Å². The van der Waals surface area contributed by atoms with Crippen LogP contribution in [-0.2, 0) is 6.42 Å². The van der Waals surface area contributed by atoms with Crippen LogP contribution in [0.1, 0.15) is 17.2 Å². The topological polar surface area (TPSA) is 37.8 Å². The molecule has 0 spiro atoms. The van der Waals surface area contributed by atoms with Crippen molar-refractivity contribution in [2.45, 2.75) is 12.5 Å². The van der Waals surface area contributed by atoms with E-state index in [0.717, 1.165) is 11.1 Å². The van der Waals surface area contributed by atoms with E-state index in [0.29, 0.717) is 6.42 Å². The van der Waals surface area contributed by atoms with Gasteiger partial charge < -0.3 is 5.32 Å². The number of hydrogen-bond acceptors (Lipinski definition) is 3. The van der Waals surface area contributed by atoms with Crippen LogP contribution in [0.3, 0.4) is 0 Å². The summed E-state index contributed by atoms with van der Waals surface area (Å²) in [5.41, 5.74) is 1.95. The van der Waals surface area contributed by atoms with E-state index in [9.17, 15) is 4.39 Å². The van der Waals surface area contributed by atoms with Crippen molar-refractivity contribution in [2.75, 3.05) is 7.05 Å². The molecule has 0 amide bonds. The van der Waals surface area contributed by atoms with Gasteiger partial charge in [0.2, 0.25) is 0 Å². The molecule has 4 heteroatoms. The van der Waals surface area contributed by atoms with Gasteiger partial charge in [-0.25, -0.2) is 14.4 Å². The van der Waals surface area contributed by atoms with Crippen LogP contribution in [0.15, 0.2) is 43.0 Å². The molecule has 0 saturated heterocycles. The van der Waals surface area contributed by atoms with Gasteiger partial charge in [0.25, 0.3) is 0 Å². The monoisotopic (exact) mass is 231 g/mol. The Morgan fingerprint density at radius 3 is 2.71 bits per heavy atom. The van der Waals surface area contributed by atoms with Crippen LogP contribution in [0.25, 0.3) is 0 Å². The summed E-state index contributed by atoms with van der Waals surface area (Å²) in [6.07, 6.45) is 5.75. The Labute approximate surface area is 99.7 Å². The zero-order valence-electron chi connectivity index (χ0n) is 9.60. The summed E-state index contributed by atoms with van der Waals surface area (Å²) < 4.78 is 13.1. The number of rotatable bonds is 4. The summed E-state index contributed by atoms with van der Waals surface area (Å²) in [6.45, 7) is 0. The molecule has 1 N–H and O–H groups in total. The maximum Gasteiger partial charge on any atom is 0.123 e. The number of aromatic nitrogens is 2. The van der Waals surface area contributed by atoms with Crippen molar-refractivity contribution in [3.8, 4) is 0 Å². The van der Waals surface area contributed by atoms with Gasteiger partial charge in [-0.2, -0.15) is 0 Å². The molecule has 3 nitrogen and oxygen atoms in total. The van der Waals surface area contributed by atoms with Gasteiger partial charge in [0.15, 0.2) is 0 Å². The largest absolute Gasteiger partial charge is 0.313 e. The first kappa shape index (κ1) is 11.7.